The Kier molecular flexibility index (Phi) is 2.32. The summed E-state index contributed by atoms with van der Waals surface area (Å²) in [6, 6.07) is -0.831. The van der Waals surface area contributed by atoms with Crippen molar-refractivity contribution in [1.29, 1.82) is 0 Å². The first-order chi connectivity index (χ1) is 5.87. The van der Waals surface area contributed by atoms with E-state index in [9.17, 15) is 14.2 Å². The molecule has 1 heterocycles. The van der Waals surface area contributed by atoms with E-state index in [2.05, 4.69) is 9.51 Å². The van der Waals surface area contributed by atoms with Gasteiger partial charge in [-0.3, -0.25) is 19.8 Å². The molecule has 0 atom stereocenters. The zero-order chi connectivity index (χ0) is 10.1. The largest absolute Gasteiger partial charge is 0.527 e. The fourth-order valence-corrected chi connectivity index (χ4v) is 0.841. The Bertz CT molecular complexity index is 426. The van der Waals surface area contributed by atoms with E-state index in [-0.39, 0.29) is 0 Å². The first-order valence-electron chi connectivity index (χ1n) is 2.82. The van der Waals surface area contributed by atoms with Gasteiger partial charge in [-0.05, 0) is 0 Å². The van der Waals surface area contributed by atoms with Crippen molar-refractivity contribution in [2.45, 2.75) is 0 Å². The molecule has 1 rings (SSSR count). The van der Waals surface area contributed by atoms with Crippen LogP contribution in [-0.4, -0.2) is 24.7 Å². The van der Waals surface area contributed by atoms with Crippen molar-refractivity contribution in [3.8, 4) is 6.01 Å². The summed E-state index contributed by atoms with van der Waals surface area (Å²) < 4.78 is 14.1. The number of phosphoric ester groups is 1. The van der Waals surface area contributed by atoms with Gasteiger partial charge in [0, 0.05) is 0 Å². The van der Waals surface area contributed by atoms with Crippen molar-refractivity contribution in [1.82, 2.24) is 15.0 Å². The van der Waals surface area contributed by atoms with Gasteiger partial charge in [-0.1, -0.05) is 0 Å². The van der Waals surface area contributed by atoms with Gasteiger partial charge < -0.3 is 4.52 Å². The summed E-state index contributed by atoms with van der Waals surface area (Å²) in [5, 5.41) is 0. The van der Waals surface area contributed by atoms with Crippen LogP contribution in [0.15, 0.2) is 9.59 Å². The smallest absolute Gasteiger partial charge is 0.370 e. The molecule has 0 amide bonds. The molecule has 0 saturated heterocycles. The molecule has 0 bridgehead atoms. The Balaban J connectivity index is 3.11. The van der Waals surface area contributed by atoms with Crippen molar-refractivity contribution in [2.75, 3.05) is 0 Å². The topological polar surface area (TPSA) is 145 Å². The maximum absolute atomic E-state index is 10.5. The highest BCUT2D eigenvalue weighted by Gasteiger charge is 2.17. The summed E-state index contributed by atoms with van der Waals surface area (Å²) in [4.78, 5) is 43.9. The third-order valence-corrected chi connectivity index (χ3v) is 1.26. The van der Waals surface area contributed by atoms with Crippen LogP contribution in [0.5, 0.6) is 6.01 Å². The molecule has 0 saturated carbocycles. The maximum atomic E-state index is 10.5. The number of aromatic nitrogens is 3. The van der Waals surface area contributed by atoms with Gasteiger partial charge in [0.05, 0.1) is 0 Å². The summed E-state index contributed by atoms with van der Waals surface area (Å²) >= 11 is 0. The van der Waals surface area contributed by atoms with Gasteiger partial charge in [0.15, 0.2) is 0 Å². The zero-order valence-corrected chi connectivity index (χ0v) is 6.82. The van der Waals surface area contributed by atoms with E-state index in [1.54, 1.807) is 9.97 Å². The quantitative estimate of drug-likeness (QED) is 0.409. The maximum Gasteiger partial charge on any atom is 0.527 e. The number of nitrogens with one attached hydrogen (secondary N) is 2. The van der Waals surface area contributed by atoms with E-state index < -0.39 is 25.2 Å². The van der Waals surface area contributed by atoms with Crippen molar-refractivity contribution >= 4 is 7.82 Å². The first kappa shape index (κ1) is 9.65. The number of aromatic amines is 2. The van der Waals surface area contributed by atoms with Crippen LogP contribution in [0.3, 0.4) is 0 Å². The van der Waals surface area contributed by atoms with Gasteiger partial charge in [0.1, 0.15) is 0 Å². The molecular formula is C3H4N3O6P. The molecule has 0 aromatic carbocycles. The summed E-state index contributed by atoms with van der Waals surface area (Å²) in [5.41, 5.74) is -2.03. The number of hydrogen-bond donors (Lipinski definition) is 4. The van der Waals surface area contributed by atoms with Crippen LogP contribution in [0.4, 0.5) is 0 Å². The summed E-state index contributed by atoms with van der Waals surface area (Å²) in [6.45, 7) is 0. The fourth-order valence-electron chi connectivity index (χ4n) is 0.529. The van der Waals surface area contributed by atoms with E-state index in [0.29, 0.717) is 0 Å². The average Bonchev–Trinajstić information content (AvgIpc) is 1.78. The number of hydrogen-bond acceptors (Lipinski definition) is 5. The average molecular weight is 209 g/mol. The van der Waals surface area contributed by atoms with Crippen LogP contribution in [0, 0.1) is 0 Å². The van der Waals surface area contributed by atoms with Gasteiger partial charge in [-0.15, -0.1) is 4.98 Å². The van der Waals surface area contributed by atoms with Crippen molar-refractivity contribution < 1.29 is 18.9 Å². The zero-order valence-electron chi connectivity index (χ0n) is 5.92. The monoisotopic (exact) mass is 209 g/mol. The number of H-pyrrole nitrogens is 2. The molecule has 0 aliphatic rings. The molecule has 0 aliphatic heterocycles. The highest BCUT2D eigenvalue weighted by atomic mass is 31.2. The van der Waals surface area contributed by atoms with Crippen LogP contribution >= 0.6 is 7.82 Å². The van der Waals surface area contributed by atoms with E-state index in [0.717, 1.165) is 0 Å². The molecule has 0 spiro atoms. The first-order valence-corrected chi connectivity index (χ1v) is 4.36. The van der Waals surface area contributed by atoms with Crippen LogP contribution in [0.2, 0.25) is 0 Å². The molecule has 0 radical (unpaired) electrons. The molecule has 0 unspecified atom stereocenters. The minimum Gasteiger partial charge on any atom is -0.370 e. The van der Waals surface area contributed by atoms with Crippen LogP contribution in [-0.2, 0) is 4.57 Å². The normalized spacial score (nSPS) is 11.2. The van der Waals surface area contributed by atoms with E-state index >= 15 is 0 Å². The Morgan fingerprint density at radius 3 is 2.38 bits per heavy atom. The third kappa shape index (κ3) is 3.20. The molecule has 0 fully saturated rings. The Morgan fingerprint density at radius 2 is 1.92 bits per heavy atom. The van der Waals surface area contributed by atoms with Gasteiger partial charge >= 0.3 is 25.2 Å². The Morgan fingerprint density at radius 1 is 1.31 bits per heavy atom. The molecule has 1 aromatic heterocycles. The van der Waals surface area contributed by atoms with E-state index in [4.69, 9.17) is 9.79 Å². The van der Waals surface area contributed by atoms with Gasteiger partial charge in [-0.2, -0.15) is 0 Å². The van der Waals surface area contributed by atoms with Crippen molar-refractivity contribution in [2.24, 2.45) is 0 Å². The Labute approximate surface area is 69.7 Å². The molecule has 10 heteroatoms. The standard InChI is InChI=1S/C3H4N3O6P/c7-1-4-2(8)6-3(5-1)12-13(9,10)11/h(H2,9,10,11)(H2,4,5,6,7,8). The second kappa shape index (κ2) is 3.13. The molecule has 0 aliphatic carbocycles. The minimum atomic E-state index is -4.81. The lowest BCUT2D eigenvalue weighted by molar-refractivity contribution is 0.274. The van der Waals surface area contributed by atoms with Crippen molar-refractivity contribution in [3.63, 3.8) is 0 Å². The highest BCUT2D eigenvalue weighted by molar-refractivity contribution is 7.46. The molecule has 9 nitrogen and oxygen atoms in total. The van der Waals surface area contributed by atoms with Gasteiger partial charge in [0.2, 0.25) is 0 Å². The number of nitrogens with zero attached hydrogens (tertiary/aromatic N) is 1. The van der Waals surface area contributed by atoms with Gasteiger partial charge in [-0.25, -0.2) is 14.2 Å². The van der Waals surface area contributed by atoms with E-state index in [1.165, 1.54) is 0 Å². The molecule has 72 valence electrons. The second-order valence-electron chi connectivity index (χ2n) is 1.88. The lowest BCUT2D eigenvalue weighted by Gasteiger charge is -2.02. The predicted molar refractivity (Wildman–Crippen MR) is 38.2 cm³/mol. The van der Waals surface area contributed by atoms with Gasteiger partial charge in [0.25, 0.3) is 0 Å². The van der Waals surface area contributed by atoms with Crippen LogP contribution in [0.1, 0.15) is 0 Å². The molecule has 4 N–H and O–H groups in total. The summed E-state index contributed by atoms with van der Waals surface area (Å²) in [5.74, 6) is 0. The molecule has 1 aromatic rings. The third-order valence-electron chi connectivity index (χ3n) is 0.849. The lowest BCUT2D eigenvalue weighted by atomic mass is 11.0. The van der Waals surface area contributed by atoms with E-state index in [1.807, 2.05) is 0 Å². The Hall–Kier alpha value is -1.44. The summed E-state index contributed by atoms with van der Waals surface area (Å²) in [6.07, 6.45) is 0. The van der Waals surface area contributed by atoms with Crippen LogP contribution in [0.25, 0.3) is 0 Å². The summed E-state index contributed by atoms with van der Waals surface area (Å²) in [7, 11) is -4.81. The SMILES string of the molecule is O=c1nc(OP(=O)(O)O)[nH]c(=O)[nH]1. The lowest BCUT2D eigenvalue weighted by Crippen LogP contribution is -2.25. The van der Waals surface area contributed by atoms with Crippen LogP contribution < -0.4 is 15.9 Å². The molecular weight excluding hydrogens is 205 g/mol. The highest BCUT2D eigenvalue weighted by Crippen LogP contribution is 2.34. The van der Waals surface area contributed by atoms with Crippen molar-refractivity contribution in [3.05, 3.63) is 21.0 Å². The fraction of sp³-hybridized carbons (Fsp3) is 0. The minimum absolute atomic E-state index is 0.831. The molecule has 13 heavy (non-hydrogen) atoms. The number of phosphoric acid groups is 1. The predicted octanol–water partition coefficient (Wildman–Crippen LogP) is -2.07. The second-order valence-corrected chi connectivity index (χ2v) is 3.05. The number of rotatable bonds is 2.